The van der Waals surface area contributed by atoms with E-state index in [1.807, 2.05) is 37.2 Å². The van der Waals surface area contributed by atoms with Gasteiger partial charge in [-0.2, -0.15) is 0 Å². The standard InChI is InChI=1S/C14H20BrIN2O/c1-4-7-18(9-8-17(2)3)14(19)12-10-11(15)5-6-13(12)16/h5-6,10H,4,7-9H2,1-3H3. The second-order valence-corrected chi connectivity index (χ2v) is 6.80. The van der Waals surface area contributed by atoms with E-state index in [0.29, 0.717) is 0 Å². The number of hydrogen-bond donors (Lipinski definition) is 0. The molecule has 0 atom stereocenters. The SMILES string of the molecule is CCCN(CCN(C)C)C(=O)c1cc(Br)ccc1I. The Balaban J connectivity index is 2.88. The van der Waals surface area contributed by atoms with Crippen LogP contribution in [0.4, 0.5) is 0 Å². The first kappa shape index (κ1) is 16.9. The second kappa shape index (κ2) is 8.21. The molecule has 0 fully saturated rings. The lowest BCUT2D eigenvalue weighted by atomic mass is 10.2. The number of hydrogen-bond acceptors (Lipinski definition) is 2. The Kier molecular flexibility index (Phi) is 7.31. The molecule has 0 radical (unpaired) electrons. The van der Waals surface area contributed by atoms with Crippen molar-refractivity contribution < 1.29 is 4.79 Å². The predicted molar refractivity (Wildman–Crippen MR) is 91.6 cm³/mol. The number of nitrogens with zero attached hydrogens (tertiary/aromatic N) is 2. The molecule has 1 aromatic carbocycles. The van der Waals surface area contributed by atoms with Gasteiger partial charge in [0.25, 0.3) is 5.91 Å². The largest absolute Gasteiger partial charge is 0.337 e. The van der Waals surface area contributed by atoms with Crippen LogP contribution < -0.4 is 0 Å². The molecule has 0 bridgehead atoms. The van der Waals surface area contributed by atoms with E-state index in [1.54, 1.807) is 0 Å². The van der Waals surface area contributed by atoms with Crippen molar-refractivity contribution in [2.45, 2.75) is 13.3 Å². The van der Waals surface area contributed by atoms with Crippen LogP contribution in [0.2, 0.25) is 0 Å². The Morgan fingerprint density at radius 2 is 1.95 bits per heavy atom. The molecule has 0 aliphatic rings. The van der Waals surface area contributed by atoms with Crippen LogP contribution in [0.15, 0.2) is 22.7 Å². The van der Waals surface area contributed by atoms with Crippen LogP contribution in [0, 0.1) is 3.57 Å². The number of carbonyl (C=O) groups excluding carboxylic acids is 1. The van der Waals surface area contributed by atoms with Gasteiger partial charge in [-0.1, -0.05) is 22.9 Å². The number of halogens is 2. The quantitative estimate of drug-likeness (QED) is 0.635. The molecule has 0 heterocycles. The maximum atomic E-state index is 12.6. The summed E-state index contributed by atoms with van der Waals surface area (Å²) >= 11 is 5.65. The van der Waals surface area contributed by atoms with E-state index in [4.69, 9.17) is 0 Å². The van der Waals surface area contributed by atoms with Crippen LogP contribution in [0.25, 0.3) is 0 Å². The van der Waals surface area contributed by atoms with Gasteiger partial charge in [0, 0.05) is 27.7 Å². The Morgan fingerprint density at radius 1 is 1.26 bits per heavy atom. The molecule has 0 unspecified atom stereocenters. The van der Waals surface area contributed by atoms with Crippen molar-refractivity contribution in [1.82, 2.24) is 9.80 Å². The van der Waals surface area contributed by atoms with Crippen molar-refractivity contribution in [1.29, 1.82) is 0 Å². The van der Waals surface area contributed by atoms with Crippen LogP contribution in [-0.4, -0.2) is 49.4 Å². The van der Waals surface area contributed by atoms with Gasteiger partial charge in [0.05, 0.1) is 5.56 Å². The van der Waals surface area contributed by atoms with Crippen LogP contribution >= 0.6 is 38.5 Å². The highest BCUT2D eigenvalue weighted by atomic mass is 127. The van der Waals surface area contributed by atoms with Crippen molar-refractivity contribution in [3.8, 4) is 0 Å². The van der Waals surface area contributed by atoms with E-state index in [1.165, 1.54) is 0 Å². The molecule has 0 spiro atoms. The fraction of sp³-hybridized carbons (Fsp3) is 0.500. The summed E-state index contributed by atoms with van der Waals surface area (Å²) in [5.74, 6) is 0.120. The van der Waals surface area contributed by atoms with Crippen molar-refractivity contribution in [2.75, 3.05) is 33.7 Å². The molecule has 0 N–H and O–H groups in total. The lowest BCUT2D eigenvalue weighted by molar-refractivity contribution is 0.0744. The lowest BCUT2D eigenvalue weighted by Gasteiger charge is -2.24. The summed E-state index contributed by atoms with van der Waals surface area (Å²) in [7, 11) is 4.05. The molecule has 1 amide bonds. The Hall–Kier alpha value is -0.140. The van der Waals surface area contributed by atoms with E-state index < -0.39 is 0 Å². The zero-order chi connectivity index (χ0) is 14.4. The molecule has 106 valence electrons. The molecule has 0 aliphatic carbocycles. The third-order valence-electron chi connectivity index (χ3n) is 2.76. The minimum atomic E-state index is 0.120. The van der Waals surface area contributed by atoms with Gasteiger partial charge in [-0.15, -0.1) is 0 Å². The predicted octanol–water partition coefficient (Wildman–Crippen LogP) is 3.47. The van der Waals surface area contributed by atoms with Gasteiger partial charge < -0.3 is 9.80 Å². The molecule has 1 aromatic rings. The molecule has 1 rings (SSSR count). The topological polar surface area (TPSA) is 23.6 Å². The Labute approximate surface area is 137 Å². The first-order valence-electron chi connectivity index (χ1n) is 6.34. The first-order valence-corrected chi connectivity index (χ1v) is 8.22. The lowest BCUT2D eigenvalue weighted by Crippen LogP contribution is -2.37. The summed E-state index contributed by atoms with van der Waals surface area (Å²) in [6.07, 6.45) is 0.976. The van der Waals surface area contributed by atoms with E-state index in [2.05, 4.69) is 50.3 Å². The summed E-state index contributed by atoms with van der Waals surface area (Å²) in [6, 6.07) is 5.83. The summed E-state index contributed by atoms with van der Waals surface area (Å²) in [5, 5.41) is 0. The van der Waals surface area contributed by atoms with E-state index >= 15 is 0 Å². The Bertz CT molecular complexity index is 437. The summed E-state index contributed by atoms with van der Waals surface area (Å²) in [5.41, 5.74) is 0.780. The normalized spacial score (nSPS) is 10.8. The van der Waals surface area contributed by atoms with Gasteiger partial charge in [0.2, 0.25) is 0 Å². The number of carbonyl (C=O) groups is 1. The molecular weight excluding hydrogens is 419 g/mol. The number of benzene rings is 1. The summed E-state index contributed by atoms with van der Waals surface area (Å²) in [6.45, 7) is 4.55. The van der Waals surface area contributed by atoms with Crippen molar-refractivity contribution in [3.63, 3.8) is 0 Å². The van der Waals surface area contributed by atoms with E-state index in [9.17, 15) is 4.79 Å². The van der Waals surface area contributed by atoms with Gasteiger partial charge in [0.1, 0.15) is 0 Å². The van der Waals surface area contributed by atoms with Crippen molar-refractivity contribution in [3.05, 3.63) is 31.8 Å². The number of likely N-dealkylation sites (N-methyl/N-ethyl adjacent to an activating group) is 1. The van der Waals surface area contributed by atoms with Crippen LogP contribution in [0.3, 0.4) is 0 Å². The summed E-state index contributed by atoms with van der Waals surface area (Å²) in [4.78, 5) is 16.6. The van der Waals surface area contributed by atoms with Gasteiger partial charge in [-0.3, -0.25) is 4.79 Å². The highest BCUT2D eigenvalue weighted by Gasteiger charge is 2.17. The van der Waals surface area contributed by atoms with Crippen LogP contribution in [-0.2, 0) is 0 Å². The fourth-order valence-electron chi connectivity index (χ4n) is 1.74. The molecule has 0 saturated heterocycles. The fourth-order valence-corrected chi connectivity index (χ4v) is 2.66. The zero-order valence-corrected chi connectivity index (χ0v) is 15.4. The van der Waals surface area contributed by atoms with Crippen molar-refractivity contribution >= 4 is 44.4 Å². The molecule has 0 aromatic heterocycles. The van der Waals surface area contributed by atoms with E-state index in [0.717, 1.165) is 39.7 Å². The Morgan fingerprint density at radius 3 is 2.53 bits per heavy atom. The number of rotatable bonds is 6. The first-order chi connectivity index (χ1) is 8.95. The van der Waals surface area contributed by atoms with Crippen LogP contribution in [0.1, 0.15) is 23.7 Å². The van der Waals surface area contributed by atoms with Gasteiger partial charge >= 0.3 is 0 Å². The molecule has 5 heteroatoms. The third-order valence-corrected chi connectivity index (χ3v) is 4.19. The minimum Gasteiger partial charge on any atom is -0.337 e. The van der Waals surface area contributed by atoms with Gasteiger partial charge in [0.15, 0.2) is 0 Å². The molecule has 0 aliphatic heterocycles. The molecular formula is C14H20BrIN2O. The molecule has 0 saturated carbocycles. The third kappa shape index (κ3) is 5.39. The summed E-state index contributed by atoms with van der Waals surface area (Å²) < 4.78 is 1.94. The highest BCUT2D eigenvalue weighted by molar-refractivity contribution is 14.1. The monoisotopic (exact) mass is 438 g/mol. The smallest absolute Gasteiger partial charge is 0.255 e. The number of amides is 1. The average molecular weight is 439 g/mol. The minimum absolute atomic E-state index is 0.120. The van der Waals surface area contributed by atoms with Crippen molar-refractivity contribution in [2.24, 2.45) is 0 Å². The van der Waals surface area contributed by atoms with Crippen LogP contribution in [0.5, 0.6) is 0 Å². The van der Waals surface area contributed by atoms with Gasteiger partial charge in [-0.05, 0) is 61.3 Å². The molecule has 19 heavy (non-hydrogen) atoms. The molecule has 3 nitrogen and oxygen atoms in total. The maximum absolute atomic E-state index is 12.6. The maximum Gasteiger partial charge on any atom is 0.255 e. The zero-order valence-electron chi connectivity index (χ0n) is 11.6. The van der Waals surface area contributed by atoms with E-state index in [-0.39, 0.29) is 5.91 Å². The second-order valence-electron chi connectivity index (χ2n) is 4.72. The highest BCUT2D eigenvalue weighted by Crippen LogP contribution is 2.20. The average Bonchev–Trinajstić information content (AvgIpc) is 2.36. The van der Waals surface area contributed by atoms with Gasteiger partial charge in [-0.25, -0.2) is 0 Å².